The number of carbonyl (C=O) groups is 6. The fraction of sp³-hybridized carbons (Fsp3) is 0.818. The molecule has 0 aromatic heterocycles. The molecule has 0 fully saturated rings. The van der Waals surface area contributed by atoms with Crippen LogP contribution in [0.15, 0.2) is 0 Å². The van der Waals surface area contributed by atoms with Gasteiger partial charge in [-0.25, -0.2) is 0 Å². The van der Waals surface area contributed by atoms with Crippen LogP contribution in [0.5, 0.6) is 0 Å². The fourth-order valence-electron chi connectivity index (χ4n) is 2.03. The van der Waals surface area contributed by atoms with Crippen molar-refractivity contribution in [2.45, 2.75) is 144 Å². The van der Waals surface area contributed by atoms with Crippen LogP contribution < -0.4 is 0 Å². The molecule has 0 aromatic rings. The Bertz CT molecular complexity index is 693. The van der Waals surface area contributed by atoms with Crippen molar-refractivity contribution in [2.75, 3.05) is 0 Å². The van der Waals surface area contributed by atoms with Crippen LogP contribution in [0.3, 0.4) is 0 Å². The van der Waals surface area contributed by atoms with Gasteiger partial charge in [0.05, 0.1) is 19.3 Å². The Morgan fingerprint density at radius 2 is 0.350 bits per heavy atom. The topological polar surface area (TPSA) is 102 Å². The number of carbonyl (C=O) groups excluding carboxylic acids is 6. The van der Waals surface area contributed by atoms with Gasteiger partial charge in [-0.2, -0.15) is 0 Å². The van der Waals surface area contributed by atoms with Gasteiger partial charge in [0.15, 0.2) is 0 Å². The minimum absolute atomic E-state index is 0. The average Bonchev–Trinajstić information content (AvgIpc) is 2.64. The number of hydrogen-bond donors (Lipinski definition) is 0. The molecule has 0 saturated carbocycles. The molecule has 1 radical (unpaired) electrons. The van der Waals surface area contributed by atoms with E-state index in [4.69, 9.17) is 0 Å². The standard InChI is InChI=1S/3C11H20O2.Tb/c3*1-10(2,3)8(12)7-9(13)11(4,5)6;/h3*7H2,1-6H3;. The molecule has 0 spiro atoms. The van der Waals surface area contributed by atoms with Crippen molar-refractivity contribution in [1.82, 2.24) is 0 Å². The molecule has 0 unspecified atom stereocenters. The van der Waals surface area contributed by atoms with Crippen molar-refractivity contribution in [1.29, 1.82) is 0 Å². The number of rotatable bonds is 6. The summed E-state index contributed by atoms with van der Waals surface area (Å²) in [7, 11) is 0. The van der Waals surface area contributed by atoms with Gasteiger partial charge < -0.3 is 0 Å². The van der Waals surface area contributed by atoms with Gasteiger partial charge in [-0.15, -0.1) is 0 Å². The number of hydrogen-bond acceptors (Lipinski definition) is 6. The summed E-state index contributed by atoms with van der Waals surface area (Å²) in [6, 6.07) is 0. The second kappa shape index (κ2) is 16.8. The summed E-state index contributed by atoms with van der Waals surface area (Å²) in [6.07, 6.45) is 0.187. The van der Waals surface area contributed by atoms with E-state index < -0.39 is 32.5 Å². The summed E-state index contributed by atoms with van der Waals surface area (Å²) >= 11 is 0. The van der Waals surface area contributed by atoms with Crippen molar-refractivity contribution in [3.05, 3.63) is 0 Å². The second-order valence-corrected chi connectivity index (χ2v) is 16.6. The van der Waals surface area contributed by atoms with Crippen molar-refractivity contribution in [3.63, 3.8) is 0 Å². The third-order valence-electron chi connectivity index (χ3n) is 5.98. The molecule has 0 saturated heterocycles. The Kier molecular flexibility index (Phi) is 19.5. The van der Waals surface area contributed by atoms with E-state index in [1.807, 2.05) is 125 Å². The fourth-order valence-corrected chi connectivity index (χ4v) is 2.03. The summed E-state index contributed by atoms with van der Waals surface area (Å²) in [5, 5.41) is 0. The van der Waals surface area contributed by atoms with E-state index in [-0.39, 0.29) is 92.6 Å². The molecule has 0 aliphatic rings. The van der Waals surface area contributed by atoms with Crippen molar-refractivity contribution in [2.24, 2.45) is 32.5 Å². The third-order valence-corrected chi connectivity index (χ3v) is 5.98. The van der Waals surface area contributed by atoms with E-state index in [0.29, 0.717) is 0 Å². The Labute approximate surface area is 276 Å². The Morgan fingerprint density at radius 1 is 0.275 bits per heavy atom. The zero-order valence-corrected chi connectivity index (χ0v) is 31.0. The molecule has 0 heterocycles. The molecule has 0 atom stereocenters. The molecule has 0 bridgehead atoms. The molecule has 0 N–H and O–H groups in total. The van der Waals surface area contributed by atoms with Crippen molar-refractivity contribution in [3.8, 4) is 0 Å². The molecule has 237 valence electrons. The van der Waals surface area contributed by atoms with Gasteiger partial charge in [0.2, 0.25) is 0 Å². The van der Waals surface area contributed by atoms with Gasteiger partial charge in [0.1, 0.15) is 34.7 Å². The first-order valence-corrected chi connectivity index (χ1v) is 13.8. The smallest absolute Gasteiger partial charge is 0.145 e. The molecule has 0 rings (SSSR count). The predicted molar refractivity (Wildman–Crippen MR) is 161 cm³/mol. The van der Waals surface area contributed by atoms with Crippen LogP contribution in [0.4, 0.5) is 0 Å². The summed E-state index contributed by atoms with van der Waals surface area (Å²) in [5.41, 5.74) is -2.41. The number of ketones is 6. The maximum atomic E-state index is 11.5. The minimum atomic E-state index is -0.402. The maximum Gasteiger partial charge on any atom is 0.145 e. The van der Waals surface area contributed by atoms with Crippen LogP contribution in [0.2, 0.25) is 0 Å². The molecule has 0 aliphatic heterocycles. The van der Waals surface area contributed by atoms with E-state index in [1.54, 1.807) is 0 Å². The minimum Gasteiger partial charge on any atom is -0.299 e. The second-order valence-electron chi connectivity index (χ2n) is 16.6. The maximum absolute atomic E-state index is 11.5. The molecular formula is C33H60O6Tb. The first-order chi connectivity index (χ1) is 16.6. The van der Waals surface area contributed by atoms with E-state index in [0.717, 1.165) is 0 Å². The van der Waals surface area contributed by atoms with Crippen LogP contribution in [-0.4, -0.2) is 34.7 Å². The zero-order chi connectivity index (χ0) is 32.6. The first-order valence-electron chi connectivity index (χ1n) is 13.8. The van der Waals surface area contributed by atoms with Gasteiger partial charge in [0.25, 0.3) is 0 Å². The molecule has 40 heavy (non-hydrogen) atoms. The molecule has 6 nitrogen and oxygen atoms in total. The largest absolute Gasteiger partial charge is 0.299 e. The van der Waals surface area contributed by atoms with Gasteiger partial charge in [0, 0.05) is 71.1 Å². The van der Waals surface area contributed by atoms with Gasteiger partial charge in [-0.1, -0.05) is 125 Å². The molecule has 7 heteroatoms. The zero-order valence-electron chi connectivity index (χ0n) is 28.9. The molecule has 0 amide bonds. The molecular weight excluding hydrogens is 651 g/mol. The van der Waals surface area contributed by atoms with E-state index in [9.17, 15) is 28.8 Å². The normalized spacial score (nSPS) is 12.4. The van der Waals surface area contributed by atoms with Crippen LogP contribution in [0.1, 0.15) is 144 Å². The summed E-state index contributed by atoms with van der Waals surface area (Å²) in [6.45, 7) is 33.1. The van der Waals surface area contributed by atoms with E-state index in [1.165, 1.54) is 0 Å². The number of Topliss-reactive ketones (excluding diaryl/α,β-unsaturated/α-hetero) is 6. The van der Waals surface area contributed by atoms with Crippen molar-refractivity contribution < 1.29 is 67.4 Å². The van der Waals surface area contributed by atoms with Gasteiger partial charge in [-0.3, -0.25) is 28.8 Å². The summed E-state index contributed by atoms with van der Waals surface area (Å²) < 4.78 is 0. The summed E-state index contributed by atoms with van der Waals surface area (Å²) in [5.74, 6) is 0.125. The van der Waals surface area contributed by atoms with Crippen molar-refractivity contribution >= 4 is 34.7 Å². The van der Waals surface area contributed by atoms with E-state index in [2.05, 4.69) is 0 Å². The summed E-state index contributed by atoms with van der Waals surface area (Å²) in [4.78, 5) is 69.0. The SMILES string of the molecule is CC(C)(C)C(=O)CC(=O)C(C)(C)C.CC(C)(C)C(=O)CC(=O)C(C)(C)C.CC(C)(C)C(=O)CC(=O)C(C)(C)C.[Tb]. The Hall–Kier alpha value is -0.694. The van der Waals surface area contributed by atoms with Crippen LogP contribution in [0.25, 0.3) is 0 Å². The Balaban J connectivity index is -0.000000240. The molecule has 0 aliphatic carbocycles. The Morgan fingerprint density at radius 3 is 0.400 bits per heavy atom. The van der Waals surface area contributed by atoms with Gasteiger partial charge in [-0.05, 0) is 0 Å². The average molecular weight is 712 g/mol. The monoisotopic (exact) mass is 711 g/mol. The molecule has 0 aromatic carbocycles. The van der Waals surface area contributed by atoms with E-state index >= 15 is 0 Å². The van der Waals surface area contributed by atoms with Gasteiger partial charge >= 0.3 is 0 Å². The van der Waals surface area contributed by atoms with Crippen LogP contribution in [-0.2, 0) is 28.8 Å². The van der Waals surface area contributed by atoms with Crippen LogP contribution >= 0.6 is 0 Å². The van der Waals surface area contributed by atoms with Crippen LogP contribution in [0, 0.1) is 71.1 Å². The first kappa shape index (κ1) is 46.3. The quantitative estimate of drug-likeness (QED) is 0.261. The predicted octanol–water partition coefficient (Wildman–Crippen LogP) is 7.82. The third kappa shape index (κ3) is 22.0.